The number of esters is 1. The maximum atomic E-state index is 13.1. The molecule has 8 nitrogen and oxygen atoms in total. The fraction of sp³-hybridized carbons (Fsp3) is 0.481. The summed E-state index contributed by atoms with van der Waals surface area (Å²) in [7, 11) is 0. The van der Waals surface area contributed by atoms with E-state index in [1.54, 1.807) is 36.4 Å². The van der Waals surface area contributed by atoms with Gasteiger partial charge in [-0.25, -0.2) is 0 Å². The molecule has 0 bridgehead atoms. The molecule has 2 aromatic rings. The van der Waals surface area contributed by atoms with Crippen LogP contribution < -0.4 is 10.6 Å². The van der Waals surface area contributed by atoms with Gasteiger partial charge in [0.1, 0.15) is 11.7 Å². The van der Waals surface area contributed by atoms with Crippen LogP contribution in [0.15, 0.2) is 48.7 Å². The van der Waals surface area contributed by atoms with Gasteiger partial charge in [0.15, 0.2) is 12.4 Å². The number of ether oxygens (including phenoxy) is 1. The van der Waals surface area contributed by atoms with Crippen LogP contribution in [0.1, 0.15) is 73.2 Å². The number of unbranched alkanes of at least 4 members (excludes halogenated alkanes) is 1. The average molecular weight is 482 g/mol. The third-order valence-corrected chi connectivity index (χ3v) is 6.46. The van der Waals surface area contributed by atoms with Crippen LogP contribution in [-0.2, 0) is 20.9 Å². The summed E-state index contributed by atoms with van der Waals surface area (Å²) in [6.45, 7) is 4.30. The number of nitrogens with one attached hydrogen (secondary N) is 2. The molecule has 35 heavy (non-hydrogen) atoms. The molecule has 3 atom stereocenters. The molecule has 1 aromatic heterocycles. The summed E-state index contributed by atoms with van der Waals surface area (Å²) in [6, 6.07) is 11.1. The van der Waals surface area contributed by atoms with Crippen molar-refractivity contribution in [2.75, 3.05) is 6.61 Å². The lowest BCUT2D eigenvalue weighted by Gasteiger charge is -2.24. The van der Waals surface area contributed by atoms with Crippen molar-refractivity contribution in [1.82, 2.24) is 15.2 Å². The van der Waals surface area contributed by atoms with Crippen molar-refractivity contribution >= 4 is 23.6 Å². The van der Waals surface area contributed by atoms with Crippen LogP contribution in [0, 0.1) is 5.92 Å². The molecule has 0 saturated heterocycles. The lowest BCUT2D eigenvalue weighted by atomic mass is 10.0. The summed E-state index contributed by atoms with van der Waals surface area (Å²) in [4.78, 5) is 51.0. The molecule has 1 heterocycles. The summed E-state index contributed by atoms with van der Waals surface area (Å²) in [6.07, 6.45) is 6.00. The molecule has 0 unspecified atom stereocenters. The molecule has 3 rings (SSSR count). The van der Waals surface area contributed by atoms with Crippen LogP contribution in [0.2, 0.25) is 0 Å². The normalized spacial score (nSPS) is 18.0. The third kappa shape index (κ3) is 7.04. The largest absolute Gasteiger partial charge is 0.457 e. The molecule has 2 amide bonds. The molecule has 0 aliphatic heterocycles. The van der Waals surface area contributed by atoms with Crippen molar-refractivity contribution in [2.45, 2.75) is 71.0 Å². The van der Waals surface area contributed by atoms with Crippen molar-refractivity contribution < 1.29 is 23.9 Å². The van der Waals surface area contributed by atoms with Gasteiger partial charge in [-0.3, -0.25) is 19.2 Å². The Labute approximate surface area is 206 Å². The van der Waals surface area contributed by atoms with E-state index in [0.29, 0.717) is 37.1 Å². The first kappa shape index (κ1) is 26.2. The fourth-order valence-electron chi connectivity index (χ4n) is 4.45. The number of amides is 2. The molecule has 188 valence electrons. The van der Waals surface area contributed by atoms with E-state index in [1.807, 2.05) is 30.7 Å². The van der Waals surface area contributed by atoms with Gasteiger partial charge in [0.25, 0.3) is 5.91 Å². The Kier molecular flexibility index (Phi) is 9.64. The zero-order valence-corrected chi connectivity index (χ0v) is 20.5. The number of carbonyl (C=O) groups excluding carboxylic acids is 4. The van der Waals surface area contributed by atoms with Crippen LogP contribution >= 0.6 is 0 Å². The highest BCUT2D eigenvalue weighted by Gasteiger charge is 2.37. The molecular weight excluding hydrogens is 446 g/mol. The maximum Gasteiger partial charge on any atom is 0.311 e. The Hall–Kier alpha value is -3.42. The van der Waals surface area contributed by atoms with Crippen molar-refractivity contribution in [1.29, 1.82) is 0 Å². The lowest BCUT2D eigenvalue weighted by molar-refractivity contribution is -0.148. The van der Waals surface area contributed by atoms with Crippen molar-refractivity contribution in [3.05, 3.63) is 59.9 Å². The molecule has 0 radical (unpaired) electrons. The zero-order chi connectivity index (χ0) is 25.2. The number of carbonyl (C=O) groups is 4. The van der Waals surface area contributed by atoms with Crippen molar-refractivity contribution in [3.63, 3.8) is 0 Å². The fourth-order valence-corrected chi connectivity index (χ4v) is 4.45. The van der Waals surface area contributed by atoms with E-state index in [4.69, 9.17) is 4.74 Å². The molecule has 2 N–H and O–H groups in total. The predicted molar refractivity (Wildman–Crippen MR) is 132 cm³/mol. The molecule has 1 aromatic carbocycles. The Bertz CT molecular complexity index is 1020. The first-order chi connectivity index (χ1) is 16.9. The molecule has 0 spiro atoms. The van der Waals surface area contributed by atoms with E-state index < -0.39 is 17.9 Å². The van der Waals surface area contributed by atoms with E-state index in [1.165, 1.54) is 0 Å². The summed E-state index contributed by atoms with van der Waals surface area (Å²) < 4.78 is 7.13. The number of benzene rings is 1. The minimum Gasteiger partial charge on any atom is -0.457 e. The second kappa shape index (κ2) is 12.9. The number of ketones is 1. The van der Waals surface area contributed by atoms with Crippen LogP contribution in [0.4, 0.5) is 0 Å². The number of aryl methyl sites for hydroxylation is 1. The van der Waals surface area contributed by atoms with Gasteiger partial charge < -0.3 is 19.9 Å². The Morgan fingerprint density at radius 1 is 1.06 bits per heavy atom. The highest BCUT2D eigenvalue weighted by molar-refractivity contribution is 5.98. The first-order valence-electron chi connectivity index (χ1n) is 12.5. The van der Waals surface area contributed by atoms with Gasteiger partial charge >= 0.3 is 5.97 Å². The van der Waals surface area contributed by atoms with Gasteiger partial charge in [-0.1, -0.05) is 56.5 Å². The number of rotatable bonds is 12. The van der Waals surface area contributed by atoms with E-state index in [-0.39, 0.29) is 30.2 Å². The lowest BCUT2D eigenvalue weighted by Crippen LogP contribution is -2.51. The monoisotopic (exact) mass is 481 g/mol. The molecule has 1 saturated carbocycles. The first-order valence-corrected chi connectivity index (χ1v) is 12.5. The molecule has 1 aliphatic rings. The SMILES string of the molecule is CCCC[C@H](NC(=O)c1cccn1CC)C(=O)N[C@H]1CCC[C@H]1C(=O)OCC(=O)c1ccccc1. The quantitative estimate of drug-likeness (QED) is 0.356. The zero-order valence-electron chi connectivity index (χ0n) is 20.5. The van der Waals surface area contributed by atoms with Gasteiger partial charge in [0.05, 0.1) is 5.92 Å². The summed E-state index contributed by atoms with van der Waals surface area (Å²) in [5.41, 5.74) is 0.993. The molecular formula is C27H35N3O5. The van der Waals surface area contributed by atoms with Gasteiger partial charge in [-0.2, -0.15) is 0 Å². The summed E-state index contributed by atoms with van der Waals surface area (Å²) in [5, 5.41) is 5.84. The minimum atomic E-state index is -0.695. The second-order valence-electron chi connectivity index (χ2n) is 8.90. The number of hydrogen-bond donors (Lipinski definition) is 2. The van der Waals surface area contributed by atoms with E-state index in [0.717, 1.165) is 19.3 Å². The van der Waals surface area contributed by atoms with Crippen LogP contribution in [0.5, 0.6) is 0 Å². The standard InChI is InChI=1S/C27H35N3O5/c1-3-5-14-22(29-26(33)23-16-10-17-30(23)4-2)25(32)28-21-15-9-13-20(21)27(34)35-18-24(31)19-11-7-6-8-12-19/h6-8,10-12,16-17,20-22H,3-5,9,13-15,18H2,1-2H3,(H,28,32)(H,29,33)/t20-,21+,22+/m1/s1. The smallest absolute Gasteiger partial charge is 0.311 e. The van der Waals surface area contributed by atoms with Crippen molar-refractivity contribution in [3.8, 4) is 0 Å². The molecule has 1 fully saturated rings. The average Bonchev–Trinajstić information content (AvgIpc) is 3.54. The van der Waals surface area contributed by atoms with Gasteiger partial charge in [-0.05, 0) is 38.3 Å². The topological polar surface area (TPSA) is 106 Å². The summed E-state index contributed by atoms with van der Waals surface area (Å²) in [5.74, 6) is -1.85. The van der Waals surface area contributed by atoms with Gasteiger partial charge in [0, 0.05) is 24.3 Å². The number of Topliss-reactive ketones (excluding diaryl/α,β-unsaturated/α-hetero) is 1. The van der Waals surface area contributed by atoms with Crippen LogP contribution in [0.3, 0.4) is 0 Å². The third-order valence-electron chi connectivity index (χ3n) is 6.46. The minimum absolute atomic E-state index is 0.267. The predicted octanol–water partition coefficient (Wildman–Crippen LogP) is 3.51. The van der Waals surface area contributed by atoms with Crippen LogP contribution in [0.25, 0.3) is 0 Å². The Morgan fingerprint density at radius 2 is 1.83 bits per heavy atom. The van der Waals surface area contributed by atoms with Gasteiger partial charge in [0.2, 0.25) is 5.91 Å². The van der Waals surface area contributed by atoms with E-state index in [9.17, 15) is 19.2 Å². The maximum absolute atomic E-state index is 13.1. The van der Waals surface area contributed by atoms with Crippen molar-refractivity contribution in [2.24, 2.45) is 5.92 Å². The number of hydrogen-bond acceptors (Lipinski definition) is 5. The number of aromatic nitrogens is 1. The highest BCUT2D eigenvalue weighted by Crippen LogP contribution is 2.27. The summed E-state index contributed by atoms with van der Waals surface area (Å²) >= 11 is 0. The second-order valence-corrected chi connectivity index (χ2v) is 8.90. The van der Waals surface area contributed by atoms with Crippen LogP contribution in [-0.4, -0.2) is 46.8 Å². The number of nitrogens with zero attached hydrogens (tertiary/aromatic N) is 1. The van der Waals surface area contributed by atoms with E-state index in [2.05, 4.69) is 10.6 Å². The Balaban J connectivity index is 1.58. The van der Waals surface area contributed by atoms with Gasteiger partial charge in [-0.15, -0.1) is 0 Å². The Morgan fingerprint density at radius 3 is 2.54 bits per heavy atom. The van der Waals surface area contributed by atoms with E-state index >= 15 is 0 Å². The molecule has 1 aliphatic carbocycles. The highest BCUT2D eigenvalue weighted by atomic mass is 16.5. The molecule has 8 heteroatoms.